The first kappa shape index (κ1) is 12.6. The Bertz CT molecular complexity index is 559. The van der Waals surface area contributed by atoms with Gasteiger partial charge in [0.05, 0.1) is 11.0 Å². The molecule has 2 aromatic rings. The van der Waals surface area contributed by atoms with Crippen molar-refractivity contribution in [1.29, 1.82) is 0 Å². The van der Waals surface area contributed by atoms with Crippen molar-refractivity contribution < 1.29 is 4.79 Å². The first-order valence-electron chi connectivity index (χ1n) is 5.94. The van der Waals surface area contributed by atoms with Crippen LogP contribution in [0.25, 0.3) is 11.0 Å². The Morgan fingerprint density at radius 1 is 1.39 bits per heavy atom. The van der Waals surface area contributed by atoms with Gasteiger partial charge in [0.25, 0.3) is 5.91 Å². The van der Waals surface area contributed by atoms with Crippen molar-refractivity contribution in [3.05, 3.63) is 30.1 Å². The van der Waals surface area contributed by atoms with Crippen LogP contribution in [0, 0.1) is 0 Å². The van der Waals surface area contributed by atoms with Crippen LogP contribution < -0.4 is 5.32 Å². The van der Waals surface area contributed by atoms with Gasteiger partial charge in [0.1, 0.15) is 0 Å². The quantitative estimate of drug-likeness (QED) is 0.870. The normalized spacial score (nSPS) is 11.1. The van der Waals surface area contributed by atoms with Crippen molar-refractivity contribution in [2.45, 2.75) is 0 Å². The Balaban J connectivity index is 2.15. The number of rotatable bonds is 4. The maximum atomic E-state index is 12.0. The predicted molar refractivity (Wildman–Crippen MR) is 71.6 cm³/mol. The van der Waals surface area contributed by atoms with Gasteiger partial charge in [-0.2, -0.15) is 0 Å². The molecule has 1 aromatic heterocycles. The minimum Gasteiger partial charge on any atom is -0.348 e. The number of benzene rings is 1. The molecule has 1 heterocycles. The third kappa shape index (κ3) is 2.51. The number of para-hydroxylation sites is 2. The van der Waals surface area contributed by atoms with Crippen LogP contribution >= 0.6 is 0 Å². The summed E-state index contributed by atoms with van der Waals surface area (Å²) in [6.45, 7) is 1.44. The lowest BCUT2D eigenvalue weighted by molar-refractivity contribution is 0.0938. The second-order valence-corrected chi connectivity index (χ2v) is 4.54. The van der Waals surface area contributed by atoms with Crippen molar-refractivity contribution >= 4 is 16.9 Å². The van der Waals surface area contributed by atoms with Gasteiger partial charge in [-0.05, 0) is 26.2 Å². The molecule has 0 saturated carbocycles. The number of amides is 1. The van der Waals surface area contributed by atoms with Crippen LogP contribution in [-0.2, 0) is 7.05 Å². The fraction of sp³-hybridized carbons (Fsp3) is 0.385. The van der Waals surface area contributed by atoms with Gasteiger partial charge in [-0.1, -0.05) is 12.1 Å². The van der Waals surface area contributed by atoms with Gasteiger partial charge in [0.15, 0.2) is 5.82 Å². The molecule has 0 aliphatic carbocycles. The number of aryl methyl sites for hydroxylation is 1. The molecule has 0 fully saturated rings. The Morgan fingerprint density at radius 2 is 2.11 bits per heavy atom. The summed E-state index contributed by atoms with van der Waals surface area (Å²) in [6.07, 6.45) is 0. The maximum Gasteiger partial charge on any atom is 0.287 e. The molecule has 0 spiro atoms. The highest BCUT2D eigenvalue weighted by Gasteiger charge is 2.14. The Kier molecular flexibility index (Phi) is 3.62. The number of hydrogen-bond donors (Lipinski definition) is 1. The number of nitrogens with zero attached hydrogens (tertiary/aromatic N) is 3. The topological polar surface area (TPSA) is 50.2 Å². The smallest absolute Gasteiger partial charge is 0.287 e. The van der Waals surface area contributed by atoms with E-state index in [1.165, 1.54) is 0 Å². The first-order valence-corrected chi connectivity index (χ1v) is 5.94. The van der Waals surface area contributed by atoms with E-state index in [2.05, 4.69) is 10.3 Å². The summed E-state index contributed by atoms with van der Waals surface area (Å²) >= 11 is 0. The lowest BCUT2D eigenvalue weighted by atomic mass is 10.3. The third-order valence-corrected chi connectivity index (χ3v) is 2.83. The Labute approximate surface area is 106 Å². The molecule has 0 aliphatic heterocycles. The summed E-state index contributed by atoms with van der Waals surface area (Å²) in [5, 5.41) is 2.87. The molecule has 5 nitrogen and oxygen atoms in total. The van der Waals surface area contributed by atoms with E-state index in [9.17, 15) is 4.79 Å². The minimum atomic E-state index is -0.129. The number of carbonyl (C=O) groups excluding carboxylic acids is 1. The molecule has 0 bridgehead atoms. The Hall–Kier alpha value is -1.88. The molecule has 0 unspecified atom stereocenters. The molecule has 96 valence electrons. The van der Waals surface area contributed by atoms with E-state index < -0.39 is 0 Å². The monoisotopic (exact) mass is 246 g/mol. The molecule has 0 atom stereocenters. The number of nitrogens with one attached hydrogen (secondary N) is 1. The van der Waals surface area contributed by atoms with Crippen molar-refractivity contribution in [3.63, 3.8) is 0 Å². The number of likely N-dealkylation sites (N-methyl/N-ethyl adjacent to an activating group) is 1. The zero-order valence-corrected chi connectivity index (χ0v) is 11.0. The van der Waals surface area contributed by atoms with Gasteiger partial charge in [-0.25, -0.2) is 4.98 Å². The van der Waals surface area contributed by atoms with Crippen LogP contribution in [-0.4, -0.2) is 47.5 Å². The highest BCUT2D eigenvalue weighted by Crippen LogP contribution is 2.13. The van der Waals surface area contributed by atoms with Gasteiger partial charge in [-0.15, -0.1) is 0 Å². The summed E-state index contributed by atoms with van der Waals surface area (Å²) in [6, 6.07) is 7.73. The molecule has 0 aliphatic rings. The lowest BCUT2D eigenvalue weighted by Gasteiger charge is -2.10. The standard InChI is InChI=1S/C13H18N4O/c1-16(2)9-8-14-13(18)12-15-10-6-4-5-7-11(10)17(12)3/h4-7H,8-9H2,1-3H3,(H,14,18). The van der Waals surface area contributed by atoms with E-state index in [-0.39, 0.29) is 5.91 Å². The number of aromatic nitrogens is 2. The number of fused-ring (bicyclic) bond motifs is 1. The average Bonchev–Trinajstić information content (AvgIpc) is 2.67. The largest absolute Gasteiger partial charge is 0.348 e. The van der Waals surface area contributed by atoms with Crippen LogP contribution in [0.3, 0.4) is 0 Å². The summed E-state index contributed by atoms with van der Waals surface area (Å²) < 4.78 is 1.82. The summed E-state index contributed by atoms with van der Waals surface area (Å²) in [5.41, 5.74) is 1.81. The zero-order chi connectivity index (χ0) is 13.1. The predicted octanol–water partition coefficient (Wildman–Crippen LogP) is 0.865. The van der Waals surface area contributed by atoms with Crippen molar-refractivity contribution in [3.8, 4) is 0 Å². The van der Waals surface area contributed by atoms with E-state index in [0.29, 0.717) is 12.4 Å². The fourth-order valence-corrected chi connectivity index (χ4v) is 1.82. The number of carbonyl (C=O) groups is 1. The molecule has 1 amide bonds. The zero-order valence-electron chi connectivity index (χ0n) is 11.0. The van der Waals surface area contributed by atoms with Crippen LogP contribution in [0.2, 0.25) is 0 Å². The Morgan fingerprint density at radius 3 is 2.78 bits per heavy atom. The van der Waals surface area contributed by atoms with Gasteiger partial charge in [-0.3, -0.25) is 4.79 Å². The molecular weight excluding hydrogens is 228 g/mol. The van der Waals surface area contributed by atoms with E-state index in [1.54, 1.807) is 0 Å². The molecule has 5 heteroatoms. The summed E-state index contributed by atoms with van der Waals surface area (Å²) in [4.78, 5) is 18.4. The second-order valence-electron chi connectivity index (χ2n) is 4.54. The second kappa shape index (κ2) is 5.18. The van der Waals surface area contributed by atoms with Crippen molar-refractivity contribution in [2.75, 3.05) is 27.2 Å². The number of imidazole rings is 1. The molecular formula is C13H18N4O. The molecule has 2 rings (SSSR count). The van der Waals surface area contributed by atoms with Gasteiger partial charge < -0.3 is 14.8 Å². The molecule has 0 radical (unpaired) electrons. The first-order chi connectivity index (χ1) is 8.59. The van der Waals surface area contributed by atoms with Gasteiger partial charge in [0.2, 0.25) is 0 Å². The van der Waals surface area contributed by atoms with Crippen LogP contribution in [0.4, 0.5) is 0 Å². The van der Waals surface area contributed by atoms with E-state index >= 15 is 0 Å². The average molecular weight is 246 g/mol. The fourth-order valence-electron chi connectivity index (χ4n) is 1.82. The maximum absolute atomic E-state index is 12.0. The van der Waals surface area contributed by atoms with Gasteiger partial charge in [0, 0.05) is 20.1 Å². The molecule has 1 aromatic carbocycles. The van der Waals surface area contributed by atoms with Crippen molar-refractivity contribution in [2.24, 2.45) is 7.05 Å². The van der Waals surface area contributed by atoms with Crippen molar-refractivity contribution in [1.82, 2.24) is 19.8 Å². The van der Waals surface area contributed by atoms with E-state index in [1.807, 2.05) is 54.9 Å². The third-order valence-electron chi connectivity index (χ3n) is 2.83. The molecule has 1 N–H and O–H groups in total. The molecule has 18 heavy (non-hydrogen) atoms. The van der Waals surface area contributed by atoms with Crippen LogP contribution in [0.1, 0.15) is 10.6 Å². The highest BCUT2D eigenvalue weighted by atomic mass is 16.2. The summed E-state index contributed by atoms with van der Waals surface area (Å²) in [7, 11) is 5.80. The van der Waals surface area contributed by atoms with Gasteiger partial charge >= 0.3 is 0 Å². The lowest BCUT2D eigenvalue weighted by Crippen LogP contribution is -2.32. The van der Waals surface area contributed by atoms with E-state index in [4.69, 9.17) is 0 Å². The molecule has 0 saturated heterocycles. The SMILES string of the molecule is CN(C)CCNC(=O)c1nc2ccccc2n1C. The van der Waals surface area contributed by atoms with Crippen LogP contribution in [0.15, 0.2) is 24.3 Å². The summed E-state index contributed by atoms with van der Waals surface area (Å²) in [5.74, 6) is 0.325. The van der Waals surface area contributed by atoms with E-state index in [0.717, 1.165) is 17.6 Å². The number of hydrogen-bond acceptors (Lipinski definition) is 3. The van der Waals surface area contributed by atoms with Crippen LogP contribution in [0.5, 0.6) is 0 Å². The minimum absolute atomic E-state index is 0.129. The highest BCUT2D eigenvalue weighted by molar-refractivity contribution is 5.94.